The lowest BCUT2D eigenvalue weighted by Gasteiger charge is -2.17. The zero-order valence-electron chi connectivity index (χ0n) is 13.0. The Hall–Kier alpha value is -2.20. The molecule has 0 aromatic heterocycles. The fourth-order valence-electron chi connectivity index (χ4n) is 3.10. The van der Waals surface area contributed by atoms with Crippen LogP contribution in [0.2, 0.25) is 0 Å². The van der Waals surface area contributed by atoms with Gasteiger partial charge in [-0.25, -0.2) is 4.39 Å². The molecule has 1 saturated heterocycles. The summed E-state index contributed by atoms with van der Waals surface area (Å²) in [5, 5.41) is 0. The first-order valence-electron chi connectivity index (χ1n) is 7.98. The van der Waals surface area contributed by atoms with E-state index in [9.17, 15) is 9.18 Å². The van der Waals surface area contributed by atoms with Crippen molar-refractivity contribution in [1.82, 2.24) is 4.90 Å². The molecule has 3 nitrogen and oxygen atoms in total. The predicted molar refractivity (Wildman–Crippen MR) is 88.4 cm³/mol. The fourth-order valence-corrected chi connectivity index (χ4v) is 3.10. The van der Waals surface area contributed by atoms with Gasteiger partial charge in [0.1, 0.15) is 5.82 Å². The standard InChI is InChI=1S/C19H21FN2O/c20-18-7-3-14(4-8-18)11-16-9-10-22(13-16)19(23)17-5-1-15(12-21)2-6-17/h1-8,16H,9-13,21H2/t16-/m1/s1. The molecule has 1 heterocycles. The van der Waals surface area contributed by atoms with Gasteiger partial charge in [-0.05, 0) is 54.2 Å². The molecule has 1 aliphatic heterocycles. The summed E-state index contributed by atoms with van der Waals surface area (Å²) in [7, 11) is 0. The first-order chi connectivity index (χ1) is 11.2. The summed E-state index contributed by atoms with van der Waals surface area (Å²) in [6.07, 6.45) is 1.88. The van der Waals surface area contributed by atoms with Gasteiger partial charge in [0.25, 0.3) is 5.91 Å². The molecule has 0 bridgehead atoms. The third kappa shape index (κ3) is 3.77. The SMILES string of the molecule is NCc1ccc(C(=O)N2CC[C@H](Cc3ccc(F)cc3)C2)cc1. The number of likely N-dealkylation sites (tertiary alicyclic amines) is 1. The van der Waals surface area contributed by atoms with Crippen LogP contribution in [0.4, 0.5) is 4.39 Å². The molecule has 1 amide bonds. The summed E-state index contributed by atoms with van der Waals surface area (Å²) >= 11 is 0. The lowest BCUT2D eigenvalue weighted by Crippen LogP contribution is -2.28. The van der Waals surface area contributed by atoms with Gasteiger partial charge >= 0.3 is 0 Å². The molecule has 0 unspecified atom stereocenters. The average Bonchev–Trinajstić information content (AvgIpc) is 3.05. The molecular weight excluding hydrogens is 291 g/mol. The second kappa shape index (κ2) is 6.92. The van der Waals surface area contributed by atoms with E-state index in [0.29, 0.717) is 18.0 Å². The number of nitrogens with zero attached hydrogens (tertiary/aromatic N) is 1. The summed E-state index contributed by atoms with van der Waals surface area (Å²) in [6, 6.07) is 14.1. The van der Waals surface area contributed by atoms with Crippen molar-refractivity contribution in [1.29, 1.82) is 0 Å². The van der Waals surface area contributed by atoms with Crippen molar-refractivity contribution in [3.05, 3.63) is 71.0 Å². The number of hydrogen-bond donors (Lipinski definition) is 1. The van der Waals surface area contributed by atoms with Crippen LogP contribution in [-0.4, -0.2) is 23.9 Å². The van der Waals surface area contributed by atoms with E-state index in [1.165, 1.54) is 12.1 Å². The molecule has 1 atom stereocenters. The van der Waals surface area contributed by atoms with E-state index in [4.69, 9.17) is 5.73 Å². The van der Waals surface area contributed by atoms with E-state index in [0.717, 1.165) is 37.1 Å². The number of halogens is 1. The van der Waals surface area contributed by atoms with E-state index < -0.39 is 0 Å². The van der Waals surface area contributed by atoms with Gasteiger partial charge in [0.05, 0.1) is 0 Å². The Kier molecular flexibility index (Phi) is 4.72. The third-order valence-electron chi connectivity index (χ3n) is 4.45. The summed E-state index contributed by atoms with van der Waals surface area (Å²) < 4.78 is 12.9. The maximum absolute atomic E-state index is 12.9. The van der Waals surface area contributed by atoms with Crippen LogP contribution in [0, 0.1) is 11.7 Å². The topological polar surface area (TPSA) is 46.3 Å². The lowest BCUT2D eigenvalue weighted by atomic mass is 9.99. The second-order valence-electron chi connectivity index (χ2n) is 6.14. The maximum atomic E-state index is 12.9. The molecule has 3 rings (SSSR count). The zero-order chi connectivity index (χ0) is 16.2. The van der Waals surface area contributed by atoms with Crippen molar-refractivity contribution in [2.75, 3.05) is 13.1 Å². The van der Waals surface area contributed by atoms with Gasteiger partial charge in [0.15, 0.2) is 0 Å². The molecule has 0 aliphatic carbocycles. The first kappa shape index (κ1) is 15.7. The molecule has 120 valence electrons. The minimum absolute atomic E-state index is 0.0789. The highest BCUT2D eigenvalue weighted by Crippen LogP contribution is 2.22. The fraction of sp³-hybridized carbons (Fsp3) is 0.316. The minimum Gasteiger partial charge on any atom is -0.338 e. The van der Waals surface area contributed by atoms with Crippen LogP contribution in [-0.2, 0) is 13.0 Å². The van der Waals surface area contributed by atoms with E-state index in [-0.39, 0.29) is 11.7 Å². The predicted octanol–water partition coefficient (Wildman–Crippen LogP) is 2.99. The quantitative estimate of drug-likeness (QED) is 0.943. The Morgan fingerprint density at radius 1 is 1.09 bits per heavy atom. The number of rotatable bonds is 4. The maximum Gasteiger partial charge on any atom is 0.253 e. The Morgan fingerprint density at radius 2 is 1.74 bits per heavy atom. The summed E-state index contributed by atoms with van der Waals surface area (Å²) in [5.74, 6) is 0.306. The van der Waals surface area contributed by atoms with Crippen molar-refractivity contribution in [3.63, 3.8) is 0 Å². The highest BCUT2D eigenvalue weighted by molar-refractivity contribution is 5.94. The molecule has 1 fully saturated rings. The highest BCUT2D eigenvalue weighted by atomic mass is 19.1. The van der Waals surface area contributed by atoms with Crippen molar-refractivity contribution in [2.24, 2.45) is 11.7 Å². The number of hydrogen-bond acceptors (Lipinski definition) is 2. The second-order valence-corrected chi connectivity index (χ2v) is 6.14. The smallest absolute Gasteiger partial charge is 0.253 e. The van der Waals surface area contributed by atoms with E-state index in [2.05, 4.69) is 0 Å². The number of nitrogens with two attached hydrogens (primary N) is 1. The Bertz CT molecular complexity index is 667. The number of amides is 1. The Balaban J connectivity index is 1.60. The van der Waals surface area contributed by atoms with Gasteiger partial charge in [-0.2, -0.15) is 0 Å². The van der Waals surface area contributed by atoms with Gasteiger partial charge < -0.3 is 10.6 Å². The molecule has 2 N–H and O–H groups in total. The minimum atomic E-state index is -0.210. The van der Waals surface area contributed by atoms with Crippen LogP contribution in [0.1, 0.15) is 27.9 Å². The van der Waals surface area contributed by atoms with Crippen LogP contribution in [0.3, 0.4) is 0 Å². The Labute approximate surface area is 135 Å². The van der Waals surface area contributed by atoms with Crippen molar-refractivity contribution in [3.8, 4) is 0 Å². The van der Waals surface area contributed by atoms with E-state index >= 15 is 0 Å². The third-order valence-corrected chi connectivity index (χ3v) is 4.45. The van der Waals surface area contributed by atoms with Gasteiger partial charge in [0.2, 0.25) is 0 Å². The van der Waals surface area contributed by atoms with Crippen molar-refractivity contribution in [2.45, 2.75) is 19.4 Å². The van der Waals surface area contributed by atoms with Gasteiger partial charge in [-0.15, -0.1) is 0 Å². The number of carbonyl (C=O) groups excluding carboxylic acids is 1. The first-order valence-corrected chi connectivity index (χ1v) is 7.98. The molecule has 2 aromatic carbocycles. The highest BCUT2D eigenvalue weighted by Gasteiger charge is 2.26. The largest absolute Gasteiger partial charge is 0.338 e. The molecule has 2 aromatic rings. The molecule has 0 saturated carbocycles. The van der Waals surface area contributed by atoms with E-state index in [1.54, 1.807) is 0 Å². The van der Waals surface area contributed by atoms with Crippen LogP contribution in [0.25, 0.3) is 0 Å². The molecule has 23 heavy (non-hydrogen) atoms. The molecule has 1 aliphatic rings. The Morgan fingerprint density at radius 3 is 2.39 bits per heavy atom. The number of benzene rings is 2. The van der Waals surface area contributed by atoms with Gasteiger partial charge in [-0.1, -0.05) is 24.3 Å². The lowest BCUT2D eigenvalue weighted by molar-refractivity contribution is 0.0787. The molecule has 0 spiro atoms. The van der Waals surface area contributed by atoms with Crippen LogP contribution in [0.5, 0.6) is 0 Å². The van der Waals surface area contributed by atoms with Crippen molar-refractivity contribution >= 4 is 5.91 Å². The van der Waals surface area contributed by atoms with E-state index in [1.807, 2.05) is 41.3 Å². The van der Waals surface area contributed by atoms with Gasteiger partial charge in [0, 0.05) is 25.2 Å². The summed E-state index contributed by atoms with van der Waals surface area (Å²) in [4.78, 5) is 14.4. The van der Waals surface area contributed by atoms with Crippen LogP contribution in [0.15, 0.2) is 48.5 Å². The summed E-state index contributed by atoms with van der Waals surface area (Å²) in [5.41, 5.74) is 8.44. The monoisotopic (exact) mass is 312 g/mol. The zero-order valence-corrected chi connectivity index (χ0v) is 13.0. The normalized spacial score (nSPS) is 17.5. The average molecular weight is 312 g/mol. The van der Waals surface area contributed by atoms with Crippen molar-refractivity contribution < 1.29 is 9.18 Å². The van der Waals surface area contributed by atoms with Crippen LogP contribution >= 0.6 is 0 Å². The van der Waals surface area contributed by atoms with Gasteiger partial charge in [-0.3, -0.25) is 4.79 Å². The van der Waals surface area contributed by atoms with Crippen LogP contribution < -0.4 is 5.73 Å². The summed E-state index contributed by atoms with van der Waals surface area (Å²) in [6.45, 7) is 2.02. The molecule has 0 radical (unpaired) electrons. The molecular formula is C19H21FN2O. The molecule has 4 heteroatoms. The number of carbonyl (C=O) groups is 1.